The Morgan fingerprint density at radius 3 is 2.86 bits per heavy atom. The van der Waals surface area contributed by atoms with E-state index in [0.29, 0.717) is 11.4 Å². The standard InChI is InChI=1S/C10H16N2O2/c1-7(6-13)12-8-3-4-9(11)10(5-8)14-2/h3-5,7,12-13H,6,11H2,1-2H3. The normalized spacial score (nSPS) is 12.2. The van der Waals surface area contributed by atoms with E-state index in [-0.39, 0.29) is 12.6 Å². The van der Waals surface area contributed by atoms with Gasteiger partial charge in [-0.25, -0.2) is 0 Å². The molecule has 0 amide bonds. The molecule has 4 heteroatoms. The molecule has 1 rings (SSSR count). The Balaban J connectivity index is 2.79. The molecule has 0 heterocycles. The molecule has 0 aliphatic rings. The van der Waals surface area contributed by atoms with E-state index >= 15 is 0 Å². The van der Waals surface area contributed by atoms with Crippen molar-refractivity contribution >= 4 is 11.4 Å². The number of benzene rings is 1. The Morgan fingerprint density at radius 2 is 2.29 bits per heavy atom. The van der Waals surface area contributed by atoms with E-state index in [4.69, 9.17) is 15.6 Å². The van der Waals surface area contributed by atoms with Gasteiger partial charge in [-0.1, -0.05) is 0 Å². The first-order chi connectivity index (χ1) is 6.67. The van der Waals surface area contributed by atoms with Gasteiger partial charge < -0.3 is 20.9 Å². The van der Waals surface area contributed by atoms with Crippen LogP contribution in [0, 0.1) is 0 Å². The van der Waals surface area contributed by atoms with E-state index in [2.05, 4.69) is 5.32 Å². The minimum Gasteiger partial charge on any atom is -0.495 e. The van der Waals surface area contributed by atoms with Crippen LogP contribution in [0.3, 0.4) is 0 Å². The average Bonchev–Trinajstić information content (AvgIpc) is 2.20. The summed E-state index contributed by atoms with van der Waals surface area (Å²) < 4.78 is 5.07. The molecule has 0 spiro atoms. The zero-order valence-electron chi connectivity index (χ0n) is 8.45. The van der Waals surface area contributed by atoms with Crippen LogP contribution < -0.4 is 15.8 Å². The number of hydrogen-bond donors (Lipinski definition) is 3. The number of ether oxygens (including phenoxy) is 1. The van der Waals surface area contributed by atoms with Gasteiger partial charge in [0.2, 0.25) is 0 Å². The second kappa shape index (κ2) is 4.72. The average molecular weight is 196 g/mol. The third-order valence-electron chi connectivity index (χ3n) is 1.92. The number of rotatable bonds is 4. The van der Waals surface area contributed by atoms with Crippen molar-refractivity contribution in [2.75, 3.05) is 24.8 Å². The number of anilines is 2. The maximum absolute atomic E-state index is 8.86. The first kappa shape index (κ1) is 10.7. The van der Waals surface area contributed by atoms with Crippen LogP contribution in [0.1, 0.15) is 6.92 Å². The summed E-state index contributed by atoms with van der Waals surface area (Å²) in [4.78, 5) is 0. The lowest BCUT2D eigenvalue weighted by Gasteiger charge is -2.13. The SMILES string of the molecule is COc1cc(NC(C)CO)ccc1N. The molecule has 78 valence electrons. The predicted molar refractivity (Wildman–Crippen MR) is 57.6 cm³/mol. The fourth-order valence-electron chi connectivity index (χ4n) is 1.13. The molecule has 4 nitrogen and oxygen atoms in total. The van der Waals surface area contributed by atoms with Crippen molar-refractivity contribution in [1.82, 2.24) is 0 Å². The summed E-state index contributed by atoms with van der Waals surface area (Å²) in [6.07, 6.45) is 0. The van der Waals surface area contributed by atoms with Gasteiger partial charge in [0.25, 0.3) is 0 Å². The Morgan fingerprint density at radius 1 is 1.57 bits per heavy atom. The van der Waals surface area contributed by atoms with Crippen molar-refractivity contribution in [3.8, 4) is 5.75 Å². The highest BCUT2D eigenvalue weighted by Gasteiger charge is 2.03. The molecule has 0 saturated heterocycles. The number of aliphatic hydroxyl groups is 1. The van der Waals surface area contributed by atoms with E-state index in [1.807, 2.05) is 19.1 Å². The molecule has 1 unspecified atom stereocenters. The minimum atomic E-state index is 0.0170. The Labute approximate surface area is 83.7 Å². The monoisotopic (exact) mass is 196 g/mol. The van der Waals surface area contributed by atoms with Gasteiger partial charge in [-0.2, -0.15) is 0 Å². The van der Waals surface area contributed by atoms with Gasteiger partial charge in [0, 0.05) is 17.8 Å². The smallest absolute Gasteiger partial charge is 0.143 e. The number of nitrogen functional groups attached to an aromatic ring is 1. The number of hydrogen-bond acceptors (Lipinski definition) is 4. The van der Waals surface area contributed by atoms with E-state index in [0.717, 1.165) is 5.69 Å². The highest BCUT2D eigenvalue weighted by molar-refractivity contribution is 5.61. The fourth-order valence-corrected chi connectivity index (χ4v) is 1.13. The molecule has 14 heavy (non-hydrogen) atoms. The molecular formula is C10H16N2O2. The molecule has 0 aliphatic carbocycles. The summed E-state index contributed by atoms with van der Waals surface area (Å²) in [6.45, 7) is 1.98. The molecule has 1 aromatic carbocycles. The van der Waals surface area contributed by atoms with Crippen molar-refractivity contribution in [2.45, 2.75) is 13.0 Å². The Bertz CT molecular complexity index is 302. The van der Waals surface area contributed by atoms with E-state index < -0.39 is 0 Å². The van der Waals surface area contributed by atoms with Crippen molar-refractivity contribution in [1.29, 1.82) is 0 Å². The van der Waals surface area contributed by atoms with Gasteiger partial charge in [-0.15, -0.1) is 0 Å². The summed E-state index contributed by atoms with van der Waals surface area (Å²) in [7, 11) is 1.57. The summed E-state index contributed by atoms with van der Waals surface area (Å²) in [5.41, 5.74) is 7.15. The summed E-state index contributed by atoms with van der Waals surface area (Å²) in [5, 5.41) is 12.0. The van der Waals surface area contributed by atoms with Crippen LogP contribution in [-0.2, 0) is 0 Å². The van der Waals surface area contributed by atoms with Crippen LogP contribution in [0.5, 0.6) is 5.75 Å². The lowest BCUT2D eigenvalue weighted by molar-refractivity contribution is 0.281. The second-order valence-electron chi connectivity index (χ2n) is 3.18. The number of nitrogens with two attached hydrogens (primary N) is 1. The molecule has 0 aromatic heterocycles. The van der Waals surface area contributed by atoms with Crippen molar-refractivity contribution in [3.63, 3.8) is 0 Å². The lowest BCUT2D eigenvalue weighted by atomic mass is 10.2. The highest BCUT2D eigenvalue weighted by atomic mass is 16.5. The molecule has 1 atom stereocenters. The van der Waals surface area contributed by atoms with E-state index in [1.54, 1.807) is 13.2 Å². The van der Waals surface area contributed by atoms with E-state index in [1.165, 1.54) is 0 Å². The first-order valence-electron chi connectivity index (χ1n) is 4.48. The van der Waals surface area contributed by atoms with Crippen LogP contribution in [0.25, 0.3) is 0 Å². The van der Waals surface area contributed by atoms with Gasteiger partial charge in [0.1, 0.15) is 5.75 Å². The molecule has 0 radical (unpaired) electrons. The summed E-state index contributed by atoms with van der Waals surface area (Å²) in [6, 6.07) is 5.44. The van der Waals surface area contributed by atoms with Gasteiger partial charge in [0.05, 0.1) is 19.4 Å². The zero-order valence-corrected chi connectivity index (χ0v) is 8.45. The molecule has 0 saturated carbocycles. The molecule has 0 bridgehead atoms. The zero-order chi connectivity index (χ0) is 10.6. The van der Waals surface area contributed by atoms with Crippen LogP contribution in [-0.4, -0.2) is 24.9 Å². The Kier molecular flexibility index (Phi) is 3.59. The maximum atomic E-state index is 8.86. The minimum absolute atomic E-state index is 0.0170. The largest absolute Gasteiger partial charge is 0.495 e. The molecule has 4 N–H and O–H groups in total. The van der Waals surface area contributed by atoms with Gasteiger partial charge in [-0.05, 0) is 19.1 Å². The van der Waals surface area contributed by atoms with Crippen molar-refractivity contribution < 1.29 is 9.84 Å². The van der Waals surface area contributed by atoms with Crippen molar-refractivity contribution in [3.05, 3.63) is 18.2 Å². The molecule has 0 fully saturated rings. The molecule has 1 aromatic rings. The number of methoxy groups -OCH3 is 1. The highest BCUT2D eigenvalue weighted by Crippen LogP contribution is 2.25. The van der Waals surface area contributed by atoms with E-state index in [9.17, 15) is 0 Å². The summed E-state index contributed by atoms with van der Waals surface area (Å²) in [5.74, 6) is 0.639. The second-order valence-corrected chi connectivity index (χ2v) is 3.18. The third-order valence-corrected chi connectivity index (χ3v) is 1.92. The Hall–Kier alpha value is -1.42. The third kappa shape index (κ3) is 2.53. The topological polar surface area (TPSA) is 67.5 Å². The van der Waals surface area contributed by atoms with Gasteiger partial charge >= 0.3 is 0 Å². The number of aliphatic hydroxyl groups excluding tert-OH is 1. The maximum Gasteiger partial charge on any atom is 0.143 e. The van der Waals surface area contributed by atoms with Crippen LogP contribution in [0.15, 0.2) is 18.2 Å². The lowest BCUT2D eigenvalue weighted by Crippen LogP contribution is -2.19. The molecule has 0 aliphatic heterocycles. The fraction of sp³-hybridized carbons (Fsp3) is 0.400. The van der Waals surface area contributed by atoms with Gasteiger partial charge in [0.15, 0.2) is 0 Å². The van der Waals surface area contributed by atoms with Crippen molar-refractivity contribution in [2.24, 2.45) is 0 Å². The van der Waals surface area contributed by atoms with Gasteiger partial charge in [-0.3, -0.25) is 0 Å². The number of nitrogens with one attached hydrogen (secondary N) is 1. The predicted octanol–water partition coefficient (Wildman–Crippen LogP) is 1.07. The van der Waals surface area contributed by atoms with Crippen LogP contribution in [0.2, 0.25) is 0 Å². The molecular weight excluding hydrogens is 180 g/mol. The quantitative estimate of drug-likeness (QED) is 0.630. The summed E-state index contributed by atoms with van der Waals surface area (Å²) >= 11 is 0. The van der Waals surface area contributed by atoms with Crippen LogP contribution in [0.4, 0.5) is 11.4 Å². The van der Waals surface area contributed by atoms with Crippen LogP contribution >= 0.6 is 0 Å². The first-order valence-corrected chi connectivity index (χ1v) is 4.48.